The van der Waals surface area contributed by atoms with E-state index in [0.29, 0.717) is 47.3 Å². The van der Waals surface area contributed by atoms with Crippen molar-refractivity contribution in [1.82, 2.24) is 24.3 Å². The van der Waals surface area contributed by atoms with Gasteiger partial charge in [0.05, 0.1) is 11.9 Å². The van der Waals surface area contributed by atoms with Crippen LogP contribution in [0.5, 0.6) is 0 Å². The van der Waals surface area contributed by atoms with Gasteiger partial charge in [-0.15, -0.1) is 0 Å². The number of aromatic nitrogens is 3. The topological polar surface area (TPSA) is 71.3 Å². The van der Waals surface area contributed by atoms with Crippen LogP contribution in [-0.4, -0.2) is 62.5 Å². The number of fused-ring (bicyclic) bond motifs is 1. The van der Waals surface area contributed by atoms with Crippen LogP contribution in [0.15, 0.2) is 47.4 Å². The number of nitrogens with zero attached hydrogens (tertiary/aromatic N) is 5. The lowest BCUT2D eigenvalue weighted by atomic mass is 9.94. The molecule has 2 fully saturated rings. The highest BCUT2D eigenvalue weighted by molar-refractivity contribution is 6.31. The fourth-order valence-corrected chi connectivity index (χ4v) is 5.60. The molecule has 1 aromatic carbocycles. The van der Waals surface area contributed by atoms with Crippen LogP contribution in [-0.2, 0) is 17.8 Å². The smallest absolute Gasteiger partial charge is 0.263 e. The van der Waals surface area contributed by atoms with Crippen molar-refractivity contribution >= 4 is 28.5 Å². The van der Waals surface area contributed by atoms with Gasteiger partial charge >= 0.3 is 0 Å². The molecule has 0 N–H and O–H groups in total. The van der Waals surface area contributed by atoms with E-state index in [-0.39, 0.29) is 11.5 Å². The molecule has 0 unspecified atom stereocenters. The van der Waals surface area contributed by atoms with Crippen molar-refractivity contribution in [3.05, 3.63) is 69.4 Å². The molecule has 8 heteroatoms. The molecule has 2 aliphatic rings. The van der Waals surface area contributed by atoms with E-state index in [0.717, 1.165) is 31.7 Å². The molecular weight excluding hydrogens is 462 g/mol. The van der Waals surface area contributed by atoms with Gasteiger partial charge in [0.25, 0.3) is 5.56 Å². The van der Waals surface area contributed by atoms with Gasteiger partial charge in [-0.2, -0.15) is 0 Å². The average molecular weight is 494 g/mol. The third kappa shape index (κ3) is 5.41. The molecule has 35 heavy (non-hydrogen) atoms. The van der Waals surface area contributed by atoms with Crippen LogP contribution < -0.4 is 5.56 Å². The average Bonchev–Trinajstić information content (AvgIpc) is 2.91. The zero-order valence-electron chi connectivity index (χ0n) is 20.0. The third-order valence-corrected chi connectivity index (χ3v) is 7.78. The maximum absolute atomic E-state index is 13.3. The van der Waals surface area contributed by atoms with Gasteiger partial charge in [0.2, 0.25) is 5.91 Å². The highest BCUT2D eigenvalue weighted by Crippen LogP contribution is 2.24. The first kappa shape index (κ1) is 23.9. The van der Waals surface area contributed by atoms with Crippen LogP contribution in [0.2, 0.25) is 5.02 Å². The van der Waals surface area contributed by atoms with E-state index >= 15 is 0 Å². The van der Waals surface area contributed by atoms with Crippen molar-refractivity contribution in [2.75, 3.05) is 26.2 Å². The highest BCUT2D eigenvalue weighted by atomic mass is 35.5. The third-order valence-electron chi connectivity index (χ3n) is 7.42. The number of halogens is 1. The van der Waals surface area contributed by atoms with E-state index in [1.54, 1.807) is 22.9 Å². The first-order valence-electron chi connectivity index (χ1n) is 12.7. The first-order valence-corrected chi connectivity index (χ1v) is 13.1. The molecule has 1 amide bonds. The number of aryl methyl sites for hydroxylation is 1. The molecule has 1 aliphatic heterocycles. The maximum Gasteiger partial charge on any atom is 0.263 e. The summed E-state index contributed by atoms with van der Waals surface area (Å²) in [4.78, 5) is 39.9. The summed E-state index contributed by atoms with van der Waals surface area (Å²) in [5, 5.41) is 1.07. The van der Waals surface area contributed by atoms with E-state index in [9.17, 15) is 9.59 Å². The zero-order chi connectivity index (χ0) is 24.2. The Balaban J connectivity index is 1.30. The quantitative estimate of drug-likeness (QED) is 0.520. The number of pyridine rings is 1. The minimum atomic E-state index is -0.161. The van der Waals surface area contributed by atoms with Crippen LogP contribution in [0.25, 0.3) is 11.0 Å². The lowest BCUT2D eigenvalue weighted by Gasteiger charge is -2.40. The summed E-state index contributed by atoms with van der Waals surface area (Å²) < 4.78 is 1.64. The highest BCUT2D eigenvalue weighted by Gasteiger charge is 2.27. The number of amides is 1. The lowest BCUT2D eigenvalue weighted by molar-refractivity contribution is -0.133. The molecule has 0 spiro atoms. The minimum Gasteiger partial charge on any atom is -0.340 e. The zero-order valence-corrected chi connectivity index (χ0v) is 20.8. The van der Waals surface area contributed by atoms with E-state index in [1.807, 2.05) is 29.2 Å². The number of carbonyl (C=O) groups excluding carboxylic acids is 1. The molecule has 3 heterocycles. The van der Waals surface area contributed by atoms with Crippen LogP contribution in [0, 0.1) is 0 Å². The Morgan fingerprint density at radius 3 is 2.54 bits per heavy atom. The van der Waals surface area contributed by atoms with Crippen molar-refractivity contribution in [3.8, 4) is 0 Å². The largest absolute Gasteiger partial charge is 0.340 e. The Labute approximate surface area is 210 Å². The van der Waals surface area contributed by atoms with Crippen molar-refractivity contribution in [2.24, 2.45) is 0 Å². The maximum atomic E-state index is 13.3. The Morgan fingerprint density at radius 2 is 1.77 bits per heavy atom. The second kappa shape index (κ2) is 10.9. The number of rotatable bonds is 6. The number of hydrogen-bond acceptors (Lipinski definition) is 5. The Morgan fingerprint density at radius 1 is 1.00 bits per heavy atom. The summed E-state index contributed by atoms with van der Waals surface area (Å²) in [5.41, 5.74) is 1.09. The molecule has 1 saturated carbocycles. The van der Waals surface area contributed by atoms with Gasteiger partial charge in [-0.3, -0.25) is 19.1 Å². The molecule has 0 radical (unpaired) electrons. The fourth-order valence-electron chi connectivity index (χ4n) is 5.41. The SMILES string of the molecule is O=C(CCc1nc2ncccc2c(=O)n1Cc1ccccc1Cl)N1CCN(C2CCCCC2)CC1. The lowest BCUT2D eigenvalue weighted by Crippen LogP contribution is -2.52. The summed E-state index contributed by atoms with van der Waals surface area (Å²) in [6, 6.07) is 11.7. The monoisotopic (exact) mass is 493 g/mol. The van der Waals surface area contributed by atoms with Crippen molar-refractivity contribution in [1.29, 1.82) is 0 Å². The standard InChI is InChI=1S/C27H32ClN5O2/c28-23-11-5-4-7-20(23)19-33-24(30-26-22(27(33)35)10-6-14-29-26)12-13-25(34)32-17-15-31(16-18-32)21-8-2-1-3-9-21/h4-7,10-11,14,21H,1-3,8-9,12-13,15-19H2. The molecule has 0 bridgehead atoms. The van der Waals surface area contributed by atoms with E-state index < -0.39 is 0 Å². The molecule has 5 rings (SSSR count). The Kier molecular flexibility index (Phi) is 7.44. The van der Waals surface area contributed by atoms with Gasteiger partial charge in [-0.05, 0) is 36.6 Å². The van der Waals surface area contributed by atoms with Gasteiger partial charge < -0.3 is 4.90 Å². The number of piperazine rings is 1. The molecule has 7 nitrogen and oxygen atoms in total. The van der Waals surface area contributed by atoms with Crippen molar-refractivity contribution in [3.63, 3.8) is 0 Å². The molecule has 1 aliphatic carbocycles. The van der Waals surface area contributed by atoms with Crippen molar-refractivity contribution in [2.45, 2.75) is 57.5 Å². The van der Waals surface area contributed by atoms with Crippen LogP contribution >= 0.6 is 11.6 Å². The van der Waals surface area contributed by atoms with E-state index in [1.165, 1.54) is 32.1 Å². The molecule has 3 aromatic rings. The fraction of sp³-hybridized carbons (Fsp3) is 0.481. The summed E-state index contributed by atoms with van der Waals surface area (Å²) in [6.45, 7) is 3.75. The van der Waals surface area contributed by atoms with Crippen molar-refractivity contribution < 1.29 is 4.79 Å². The number of benzene rings is 1. The number of hydrogen-bond donors (Lipinski definition) is 0. The predicted octanol–water partition coefficient (Wildman–Crippen LogP) is 3.90. The first-order chi connectivity index (χ1) is 17.1. The van der Waals surface area contributed by atoms with Crippen LogP contribution in [0.4, 0.5) is 0 Å². The van der Waals surface area contributed by atoms with Gasteiger partial charge in [0.15, 0.2) is 5.65 Å². The Bertz CT molecular complexity index is 1250. The number of carbonyl (C=O) groups is 1. The van der Waals surface area contributed by atoms with Gasteiger partial charge in [-0.25, -0.2) is 9.97 Å². The second-order valence-electron chi connectivity index (χ2n) is 9.59. The minimum absolute atomic E-state index is 0.118. The molecule has 2 aromatic heterocycles. The summed E-state index contributed by atoms with van der Waals surface area (Å²) >= 11 is 6.38. The second-order valence-corrected chi connectivity index (χ2v) is 10.0. The predicted molar refractivity (Wildman–Crippen MR) is 138 cm³/mol. The molecule has 184 valence electrons. The van der Waals surface area contributed by atoms with Gasteiger partial charge in [-0.1, -0.05) is 49.1 Å². The molecule has 0 atom stereocenters. The van der Waals surface area contributed by atoms with E-state index in [4.69, 9.17) is 11.6 Å². The summed E-state index contributed by atoms with van der Waals surface area (Å²) in [7, 11) is 0. The van der Waals surface area contributed by atoms with Crippen LogP contribution in [0.3, 0.4) is 0 Å². The van der Waals surface area contributed by atoms with E-state index in [2.05, 4.69) is 14.9 Å². The normalized spacial score (nSPS) is 17.7. The molecule has 1 saturated heterocycles. The summed E-state index contributed by atoms with van der Waals surface area (Å²) in [5.74, 6) is 0.684. The molecular formula is C27H32ClN5O2. The van der Waals surface area contributed by atoms with Gasteiger partial charge in [0, 0.05) is 56.3 Å². The van der Waals surface area contributed by atoms with Gasteiger partial charge in [0.1, 0.15) is 5.82 Å². The van der Waals surface area contributed by atoms with Crippen LogP contribution in [0.1, 0.15) is 49.9 Å². The summed E-state index contributed by atoms with van der Waals surface area (Å²) in [6.07, 6.45) is 8.92. The Hall–Kier alpha value is -2.77.